The molecule has 2 aliphatic heterocycles. The summed E-state index contributed by atoms with van der Waals surface area (Å²) in [5, 5.41) is 2.13. The van der Waals surface area contributed by atoms with Gasteiger partial charge in [-0.15, -0.1) is 11.3 Å². The summed E-state index contributed by atoms with van der Waals surface area (Å²) in [6.45, 7) is 3.16. The van der Waals surface area contributed by atoms with Crippen molar-refractivity contribution in [2.45, 2.75) is 19.4 Å². The van der Waals surface area contributed by atoms with Gasteiger partial charge in [0, 0.05) is 51.3 Å². The highest BCUT2D eigenvalue weighted by molar-refractivity contribution is 7.10. The Hall–Kier alpha value is -2.15. The lowest BCUT2D eigenvalue weighted by Gasteiger charge is -2.29. The van der Waals surface area contributed by atoms with Crippen molar-refractivity contribution in [3.8, 4) is 0 Å². The van der Waals surface area contributed by atoms with Crippen molar-refractivity contribution in [2.24, 2.45) is 5.92 Å². The zero-order chi connectivity index (χ0) is 17.4. The average Bonchev–Trinajstić information content (AvgIpc) is 3.30. The minimum Gasteiger partial charge on any atom is -0.363 e. The average molecular weight is 357 g/mol. The molecule has 0 aromatic carbocycles. The van der Waals surface area contributed by atoms with Crippen LogP contribution in [0.4, 0.5) is 11.8 Å². The van der Waals surface area contributed by atoms with Gasteiger partial charge in [0.25, 0.3) is 0 Å². The van der Waals surface area contributed by atoms with Crippen LogP contribution in [-0.4, -0.2) is 54.5 Å². The fraction of sp³-hybridized carbons (Fsp3) is 0.500. The predicted molar refractivity (Wildman–Crippen MR) is 100 cm³/mol. The number of thiophene rings is 1. The summed E-state index contributed by atoms with van der Waals surface area (Å²) in [4.78, 5) is 29.5. The molecule has 0 saturated carbocycles. The van der Waals surface area contributed by atoms with Gasteiger partial charge in [-0.2, -0.15) is 4.98 Å². The minimum atomic E-state index is 0.0480. The normalized spacial score (nSPS) is 19.8. The molecule has 0 radical (unpaired) electrons. The van der Waals surface area contributed by atoms with E-state index in [2.05, 4.69) is 26.3 Å². The highest BCUT2D eigenvalue weighted by Gasteiger charge is 2.34. The van der Waals surface area contributed by atoms with Crippen LogP contribution in [0.1, 0.15) is 16.9 Å². The molecule has 2 aromatic heterocycles. The standard InChI is InChI=1S/C18H23N5OS/c1-21(2)16-3-7-19-18(20-16)23-8-4-14(12-23)17(24)22-9-5-15-13(11-22)6-10-25-15/h3,6-7,10,14H,4-5,8-9,11-12H2,1-2H3. The first-order valence-corrected chi connectivity index (χ1v) is 9.59. The van der Waals surface area contributed by atoms with E-state index in [0.717, 1.165) is 44.2 Å². The number of aromatic nitrogens is 2. The van der Waals surface area contributed by atoms with Gasteiger partial charge in [0.1, 0.15) is 5.82 Å². The maximum atomic E-state index is 12.9. The molecule has 1 saturated heterocycles. The SMILES string of the molecule is CN(C)c1ccnc(N2CCC(C(=O)N3CCc4sccc4C3)C2)n1. The number of amides is 1. The summed E-state index contributed by atoms with van der Waals surface area (Å²) in [5.74, 6) is 1.94. The first-order chi connectivity index (χ1) is 12.1. The maximum absolute atomic E-state index is 12.9. The van der Waals surface area contributed by atoms with Crippen LogP contribution in [-0.2, 0) is 17.8 Å². The predicted octanol–water partition coefficient (Wildman–Crippen LogP) is 2.02. The van der Waals surface area contributed by atoms with E-state index < -0.39 is 0 Å². The molecule has 4 rings (SSSR count). The van der Waals surface area contributed by atoms with Crippen LogP contribution in [0.3, 0.4) is 0 Å². The molecule has 1 fully saturated rings. The van der Waals surface area contributed by atoms with E-state index in [0.29, 0.717) is 6.54 Å². The van der Waals surface area contributed by atoms with E-state index in [1.165, 1.54) is 10.4 Å². The van der Waals surface area contributed by atoms with E-state index in [9.17, 15) is 4.79 Å². The van der Waals surface area contributed by atoms with Gasteiger partial charge >= 0.3 is 0 Å². The Kier molecular flexibility index (Phi) is 4.33. The molecule has 0 bridgehead atoms. The van der Waals surface area contributed by atoms with Gasteiger partial charge in [0.05, 0.1) is 5.92 Å². The highest BCUT2D eigenvalue weighted by Crippen LogP contribution is 2.28. The van der Waals surface area contributed by atoms with Gasteiger partial charge in [-0.3, -0.25) is 4.79 Å². The molecule has 2 aromatic rings. The third-order valence-corrected chi connectivity index (χ3v) is 6.05. The lowest BCUT2D eigenvalue weighted by atomic mass is 10.0. The van der Waals surface area contributed by atoms with Crippen LogP contribution in [0.25, 0.3) is 0 Å². The Morgan fingerprint density at radius 3 is 3.04 bits per heavy atom. The molecule has 0 aliphatic carbocycles. The number of nitrogens with zero attached hydrogens (tertiary/aromatic N) is 5. The second-order valence-electron chi connectivity index (χ2n) is 6.92. The molecule has 1 atom stereocenters. The van der Waals surface area contributed by atoms with Crippen molar-refractivity contribution in [2.75, 3.05) is 43.5 Å². The number of fused-ring (bicyclic) bond motifs is 1. The first kappa shape index (κ1) is 16.3. The molecule has 1 unspecified atom stereocenters. The van der Waals surface area contributed by atoms with Crippen molar-refractivity contribution in [3.05, 3.63) is 34.2 Å². The molecule has 0 N–H and O–H groups in total. The fourth-order valence-corrected chi connectivity index (χ4v) is 4.47. The molecule has 1 amide bonds. The molecule has 7 heteroatoms. The Labute approximate surface area is 152 Å². The molecule has 6 nitrogen and oxygen atoms in total. The number of hydrogen-bond donors (Lipinski definition) is 0. The van der Waals surface area contributed by atoms with Crippen LogP contribution in [0.5, 0.6) is 0 Å². The van der Waals surface area contributed by atoms with Gasteiger partial charge < -0.3 is 14.7 Å². The van der Waals surface area contributed by atoms with Gasteiger partial charge in [-0.05, 0) is 35.9 Å². The molecular formula is C18H23N5OS. The van der Waals surface area contributed by atoms with E-state index in [4.69, 9.17) is 0 Å². The Morgan fingerprint density at radius 1 is 1.32 bits per heavy atom. The van der Waals surface area contributed by atoms with Crippen molar-refractivity contribution in [3.63, 3.8) is 0 Å². The van der Waals surface area contributed by atoms with Crippen LogP contribution >= 0.6 is 11.3 Å². The Bertz CT molecular complexity index is 774. The third-order valence-electron chi connectivity index (χ3n) is 5.03. The summed E-state index contributed by atoms with van der Waals surface area (Å²) < 4.78 is 0. The summed E-state index contributed by atoms with van der Waals surface area (Å²) in [7, 11) is 3.94. The lowest BCUT2D eigenvalue weighted by molar-refractivity contribution is -0.135. The zero-order valence-electron chi connectivity index (χ0n) is 14.7. The summed E-state index contributed by atoms with van der Waals surface area (Å²) in [6, 6.07) is 4.05. The summed E-state index contributed by atoms with van der Waals surface area (Å²) >= 11 is 1.81. The Balaban J connectivity index is 1.42. The number of anilines is 2. The number of hydrogen-bond acceptors (Lipinski definition) is 6. The van der Waals surface area contributed by atoms with Gasteiger partial charge in [-0.1, -0.05) is 0 Å². The summed E-state index contributed by atoms with van der Waals surface area (Å²) in [5.41, 5.74) is 1.32. The van der Waals surface area contributed by atoms with Crippen molar-refractivity contribution in [1.82, 2.24) is 14.9 Å². The molecular weight excluding hydrogens is 334 g/mol. The molecule has 0 spiro atoms. The van der Waals surface area contributed by atoms with Crippen molar-refractivity contribution in [1.29, 1.82) is 0 Å². The maximum Gasteiger partial charge on any atom is 0.227 e. The topological polar surface area (TPSA) is 52.6 Å². The van der Waals surface area contributed by atoms with Gasteiger partial charge in [0.2, 0.25) is 11.9 Å². The molecule has 4 heterocycles. The van der Waals surface area contributed by atoms with E-state index >= 15 is 0 Å². The number of carbonyl (C=O) groups is 1. The van der Waals surface area contributed by atoms with Gasteiger partial charge in [0.15, 0.2) is 0 Å². The van der Waals surface area contributed by atoms with E-state index in [-0.39, 0.29) is 11.8 Å². The smallest absolute Gasteiger partial charge is 0.227 e. The minimum absolute atomic E-state index is 0.0480. The zero-order valence-corrected chi connectivity index (χ0v) is 15.5. The lowest BCUT2D eigenvalue weighted by Crippen LogP contribution is -2.40. The van der Waals surface area contributed by atoms with Crippen LogP contribution in [0.15, 0.2) is 23.7 Å². The third kappa shape index (κ3) is 3.20. The summed E-state index contributed by atoms with van der Waals surface area (Å²) in [6.07, 6.45) is 3.65. The van der Waals surface area contributed by atoms with E-state index in [1.54, 1.807) is 17.5 Å². The van der Waals surface area contributed by atoms with E-state index in [1.807, 2.05) is 30.0 Å². The van der Waals surface area contributed by atoms with Crippen molar-refractivity contribution >= 4 is 29.0 Å². The van der Waals surface area contributed by atoms with Crippen molar-refractivity contribution < 1.29 is 4.79 Å². The largest absolute Gasteiger partial charge is 0.363 e. The second-order valence-corrected chi connectivity index (χ2v) is 7.92. The fourth-order valence-electron chi connectivity index (χ4n) is 3.58. The Morgan fingerprint density at radius 2 is 2.20 bits per heavy atom. The number of carbonyl (C=O) groups excluding carboxylic acids is 1. The van der Waals surface area contributed by atoms with Gasteiger partial charge in [-0.25, -0.2) is 4.98 Å². The molecule has 25 heavy (non-hydrogen) atoms. The highest BCUT2D eigenvalue weighted by atomic mass is 32.1. The number of rotatable bonds is 3. The first-order valence-electron chi connectivity index (χ1n) is 8.71. The molecule has 2 aliphatic rings. The van der Waals surface area contributed by atoms with Crippen LogP contribution in [0.2, 0.25) is 0 Å². The quantitative estimate of drug-likeness (QED) is 0.841. The monoisotopic (exact) mass is 357 g/mol. The second kappa shape index (κ2) is 6.63. The van der Waals surface area contributed by atoms with Crippen LogP contribution < -0.4 is 9.80 Å². The molecule has 132 valence electrons. The van der Waals surface area contributed by atoms with Crippen LogP contribution in [0, 0.1) is 5.92 Å².